The van der Waals surface area contributed by atoms with E-state index in [2.05, 4.69) is 25.2 Å². The molecule has 1 N–H and O–H groups in total. The van der Waals surface area contributed by atoms with Gasteiger partial charge in [0, 0.05) is 15.1 Å². The number of hydrogen-bond acceptors (Lipinski definition) is 1. The van der Waals surface area contributed by atoms with Gasteiger partial charge >= 0.3 is 25.8 Å². The van der Waals surface area contributed by atoms with Crippen molar-refractivity contribution in [1.82, 2.24) is 0 Å². The van der Waals surface area contributed by atoms with E-state index in [9.17, 15) is 4.79 Å². The van der Waals surface area contributed by atoms with E-state index in [4.69, 9.17) is 5.73 Å². The second-order valence-corrected chi connectivity index (χ2v) is 5.84. The average molecular weight is 536 g/mol. The first-order valence-corrected chi connectivity index (χ1v) is 9.04. The molecule has 2 rings (SSSR count). The van der Waals surface area contributed by atoms with Crippen LogP contribution in [0.1, 0.15) is 33.5 Å². The Morgan fingerprint density at radius 2 is 1.57 bits per heavy atom. The number of carbonyl (C=O) groups excluding carboxylic acids is 1. The molecule has 1 amide bonds. The molecule has 0 bridgehead atoms. The molecular weight excluding hydrogens is 512 g/mol. The van der Waals surface area contributed by atoms with Gasteiger partial charge in [-0.25, -0.2) is 12.2 Å². The molecule has 1 aromatic carbocycles. The van der Waals surface area contributed by atoms with Crippen molar-refractivity contribution in [3.8, 4) is 0 Å². The molecule has 1 aliphatic carbocycles. The van der Waals surface area contributed by atoms with E-state index in [1.165, 1.54) is 0 Å². The van der Waals surface area contributed by atoms with Crippen molar-refractivity contribution in [3.05, 3.63) is 64.4 Å². The minimum atomic E-state index is -0.593. The number of benzene rings is 1. The molecule has 23 heavy (non-hydrogen) atoms. The van der Waals surface area contributed by atoms with Gasteiger partial charge in [0.25, 0.3) is 0 Å². The molecule has 6 heteroatoms. The Balaban J connectivity index is -0.000000140. The van der Waals surface area contributed by atoms with Crippen LogP contribution in [0.15, 0.2) is 30.4 Å². The molecule has 0 heterocycles. The Morgan fingerprint density at radius 3 is 1.78 bits per heavy atom. The van der Waals surface area contributed by atoms with Crippen LogP contribution in [-0.4, -0.2) is 15.4 Å². The van der Waals surface area contributed by atoms with Crippen LogP contribution < -0.4 is 24.8 Å². The number of hydrogen-bond donors (Lipinski definition) is 0. The minimum Gasteiger partial charge on any atom is -1.00 e. The summed E-state index contributed by atoms with van der Waals surface area (Å²) >= 11 is 0. The van der Waals surface area contributed by atoms with Gasteiger partial charge in [-0.1, -0.05) is 30.8 Å². The van der Waals surface area contributed by atoms with Crippen molar-refractivity contribution in [2.24, 2.45) is 0 Å². The predicted octanol–water partition coefficient (Wildman–Crippen LogP) is -1.37. The molecule has 1 aromatic rings. The van der Waals surface area contributed by atoms with Gasteiger partial charge in [-0.3, -0.25) is 6.08 Å². The van der Waals surface area contributed by atoms with Crippen molar-refractivity contribution in [3.63, 3.8) is 0 Å². The minimum absolute atomic E-state index is 0. The van der Waals surface area contributed by atoms with Gasteiger partial charge in [0.05, 0.1) is 5.91 Å². The van der Waals surface area contributed by atoms with Crippen LogP contribution in [0, 0.1) is 26.8 Å². The fourth-order valence-electron chi connectivity index (χ4n) is 1.88. The van der Waals surface area contributed by atoms with Crippen molar-refractivity contribution < 1.29 is 55.5 Å². The topological polar surface area (TPSA) is 40.9 Å². The summed E-state index contributed by atoms with van der Waals surface area (Å²) in [5.74, 6) is -0.593. The van der Waals surface area contributed by atoms with Crippen LogP contribution in [0.2, 0.25) is 13.1 Å². The maximum atomic E-state index is 10.9. The largest absolute Gasteiger partial charge is 4.00 e. The summed E-state index contributed by atoms with van der Waals surface area (Å²) in [6.45, 7) is 10.1. The Hall–Kier alpha value is -0.163. The third-order valence-corrected chi connectivity index (χ3v) is 2.49. The second kappa shape index (κ2) is 18.2. The molecule has 0 fully saturated rings. The Bertz CT molecular complexity index is 472. The monoisotopic (exact) mass is 536 g/mol. The first-order chi connectivity index (χ1) is 9.43. The summed E-state index contributed by atoms with van der Waals surface area (Å²) in [5.41, 5.74) is 10.5. The molecule has 0 spiro atoms. The second-order valence-electron chi connectivity index (χ2n) is 4.68. The number of carbonyl (C=O) groups is 1. The summed E-state index contributed by atoms with van der Waals surface area (Å²) in [6, 6.07) is 3.85. The van der Waals surface area contributed by atoms with Crippen LogP contribution in [-0.2, 0) is 25.8 Å². The van der Waals surface area contributed by atoms with Gasteiger partial charge in [0.15, 0.2) is 0 Å². The third-order valence-electron chi connectivity index (χ3n) is 2.49. The SMILES string of the molecule is C[SiH]C.Cc1cc(C)c(C([NH-])=O)c(C)c1.[C-]1=CC=CC1.[Cl-].[Cl-].[Hf+4]. The third kappa shape index (κ3) is 13.9. The Labute approximate surface area is 174 Å². The quantitative estimate of drug-likeness (QED) is 0.323. The normalized spacial score (nSPS) is 9.78. The predicted molar refractivity (Wildman–Crippen MR) is 89.8 cm³/mol. The maximum Gasteiger partial charge on any atom is 4.00 e. The first kappa shape index (κ1) is 30.7. The van der Waals surface area contributed by atoms with Crippen molar-refractivity contribution >= 4 is 15.4 Å². The number of nitrogens with one attached hydrogen (secondary N) is 1. The van der Waals surface area contributed by atoms with Crippen LogP contribution >= 0.6 is 0 Å². The number of rotatable bonds is 1. The zero-order valence-corrected chi connectivity index (χ0v) is 20.6. The molecule has 0 aliphatic heterocycles. The molecule has 0 aromatic heterocycles. The molecule has 0 saturated carbocycles. The van der Waals surface area contributed by atoms with Gasteiger partial charge in [0.2, 0.25) is 0 Å². The van der Waals surface area contributed by atoms with Crippen molar-refractivity contribution in [2.45, 2.75) is 40.3 Å². The van der Waals surface area contributed by atoms with E-state index >= 15 is 0 Å². The van der Waals surface area contributed by atoms with Gasteiger partial charge in [-0.2, -0.15) is 6.08 Å². The summed E-state index contributed by atoms with van der Waals surface area (Å²) in [4.78, 5) is 10.9. The summed E-state index contributed by atoms with van der Waals surface area (Å²) in [7, 11) is 0.750. The number of halogens is 2. The zero-order valence-electron chi connectivity index (χ0n) is 14.3. The summed E-state index contributed by atoms with van der Waals surface area (Å²) < 4.78 is 0. The standard InChI is InChI=1S/C10H13NO.C5H5.C2H7Si.2ClH.Hf/c1-6-4-7(2)9(10(11)12)8(3)5-6;1-2-4-5-3-1;1-3-2;;;/h4-5H,1-3H3,(H2,11,12);1-3H,4H2;3H,1-2H3;2*1H;/q;-1;;;;+4/p-3. The molecule has 1 aliphatic rings. The average Bonchev–Trinajstić information content (AvgIpc) is 2.85. The Kier molecular flexibility index (Phi) is 24.3. The van der Waals surface area contributed by atoms with Gasteiger partial charge < -0.3 is 35.3 Å². The fraction of sp³-hybridized carbons (Fsp3) is 0.353. The smallest absolute Gasteiger partial charge is 1.00 e. The van der Waals surface area contributed by atoms with Crippen molar-refractivity contribution in [1.29, 1.82) is 0 Å². The number of allylic oxidation sites excluding steroid dienone is 4. The van der Waals surface area contributed by atoms with Gasteiger partial charge in [0.1, 0.15) is 0 Å². The summed E-state index contributed by atoms with van der Waals surface area (Å²) in [6.07, 6.45) is 10.0. The molecule has 0 saturated heterocycles. The van der Waals surface area contributed by atoms with Crippen LogP contribution in [0.25, 0.3) is 5.73 Å². The number of amides is 1. The van der Waals surface area contributed by atoms with E-state index in [0.29, 0.717) is 5.56 Å². The molecule has 0 unspecified atom stereocenters. The van der Waals surface area contributed by atoms with Crippen molar-refractivity contribution in [2.75, 3.05) is 0 Å². The zero-order chi connectivity index (χ0) is 15.5. The maximum absolute atomic E-state index is 10.9. The first-order valence-electron chi connectivity index (χ1n) is 6.73. The van der Waals surface area contributed by atoms with E-state index in [-0.39, 0.29) is 50.7 Å². The van der Waals surface area contributed by atoms with Crippen LogP contribution in [0.4, 0.5) is 0 Å². The fourth-order valence-corrected chi connectivity index (χ4v) is 1.88. The molecular formula is C17H24Cl2HfNOSi. The number of aryl methyl sites for hydroxylation is 3. The van der Waals surface area contributed by atoms with E-state index in [1.807, 2.05) is 45.1 Å². The van der Waals surface area contributed by atoms with E-state index in [0.717, 1.165) is 32.6 Å². The Morgan fingerprint density at radius 1 is 1.13 bits per heavy atom. The molecule has 125 valence electrons. The van der Waals surface area contributed by atoms with Gasteiger partial charge in [-0.05, 0) is 31.9 Å². The van der Waals surface area contributed by atoms with E-state index in [1.54, 1.807) is 0 Å². The molecule has 2 nitrogen and oxygen atoms in total. The molecule has 1 radical (unpaired) electrons. The van der Waals surface area contributed by atoms with Gasteiger partial charge in [-0.15, -0.1) is 6.42 Å². The van der Waals surface area contributed by atoms with E-state index < -0.39 is 5.91 Å². The van der Waals surface area contributed by atoms with Crippen LogP contribution in [0.5, 0.6) is 0 Å². The van der Waals surface area contributed by atoms with Crippen LogP contribution in [0.3, 0.4) is 0 Å². The summed E-state index contributed by atoms with van der Waals surface area (Å²) in [5, 5.41) is 0. The molecule has 0 atom stereocenters.